The third-order valence-corrected chi connectivity index (χ3v) is 6.89. The van der Waals surface area contributed by atoms with E-state index in [2.05, 4.69) is 5.32 Å². The summed E-state index contributed by atoms with van der Waals surface area (Å²) in [5, 5.41) is 2.97. The van der Waals surface area contributed by atoms with Crippen LogP contribution < -0.4 is 9.62 Å². The average Bonchev–Trinajstić information content (AvgIpc) is 2.72. The highest BCUT2D eigenvalue weighted by atomic mass is 32.2. The Morgan fingerprint density at radius 3 is 2.46 bits per heavy atom. The SMILES string of the molecule is CCc1ccccc1NC(=O)c1ccc2c(c1)-c1ccccc1S(=O)(=O)N2C. The van der Waals surface area contributed by atoms with Gasteiger partial charge in [0.1, 0.15) is 0 Å². The molecule has 6 heteroatoms. The largest absolute Gasteiger partial charge is 0.322 e. The first-order valence-corrected chi connectivity index (χ1v) is 10.5. The molecule has 0 unspecified atom stereocenters. The van der Waals surface area contributed by atoms with Crippen LogP contribution in [0.5, 0.6) is 0 Å². The predicted octanol–water partition coefficient (Wildman–Crippen LogP) is 4.31. The molecular formula is C22H20N2O3S. The van der Waals surface area contributed by atoms with E-state index in [-0.39, 0.29) is 10.8 Å². The van der Waals surface area contributed by atoms with Crippen molar-refractivity contribution in [2.24, 2.45) is 0 Å². The first-order chi connectivity index (χ1) is 13.4. The van der Waals surface area contributed by atoms with Crippen LogP contribution in [0.15, 0.2) is 71.6 Å². The first-order valence-electron chi connectivity index (χ1n) is 9.05. The number of nitrogens with zero attached hydrogens (tertiary/aromatic N) is 1. The van der Waals surface area contributed by atoms with Gasteiger partial charge in [0, 0.05) is 29.4 Å². The fourth-order valence-electron chi connectivity index (χ4n) is 3.50. The Kier molecular flexibility index (Phi) is 4.43. The number of amides is 1. The van der Waals surface area contributed by atoms with Crippen LogP contribution in [0.3, 0.4) is 0 Å². The number of carbonyl (C=O) groups is 1. The smallest absolute Gasteiger partial charge is 0.264 e. The number of hydrogen-bond donors (Lipinski definition) is 1. The van der Waals surface area contributed by atoms with Gasteiger partial charge in [0.25, 0.3) is 15.9 Å². The van der Waals surface area contributed by atoms with Crippen LogP contribution in [0.1, 0.15) is 22.8 Å². The Labute approximate surface area is 164 Å². The number of fused-ring (bicyclic) bond motifs is 3. The lowest BCUT2D eigenvalue weighted by molar-refractivity contribution is 0.102. The normalized spacial score (nSPS) is 14.1. The fraction of sp³-hybridized carbons (Fsp3) is 0.136. The predicted molar refractivity (Wildman–Crippen MR) is 111 cm³/mol. The van der Waals surface area contributed by atoms with E-state index in [9.17, 15) is 13.2 Å². The van der Waals surface area contributed by atoms with Crippen molar-refractivity contribution in [1.29, 1.82) is 0 Å². The van der Waals surface area contributed by atoms with Crippen molar-refractivity contribution < 1.29 is 13.2 Å². The number of carbonyl (C=O) groups excluding carboxylic acids is 1. The van der Waals surface area contributed by atoms with E-state index in [0.29, 0.717) is 16.8 Å². The van der Waals surface area contributed by atoms with Gasteiger partial charge in [-0.3, -0.25) is 9.10 Å². The van der Waals surface area contributed by atoms with Gasteiger partial charge in [0.2, 0.25) is 0 Å². The van der Waals surface area contributed by atoms with E-state index in [1.807, 2.05) is 31.2 Å². The molecule has 0 saturated carbocycles. The van der Waals surface area contributed by atoms with E-state index in [0.717, 1.165) is 23.2 Å². The van der Waals surface area contributed by atoms with E-state index in [1.54, 1.807) is 42.5 Å². The van der Waals surface area contributed by atoms with Gasteiger partial charge in [0.05, 0.1) is 10.6 Å². The maximum absolute atomic E-state index is 12.8. The van der Waals surface area contributed by atoms with Crippen molar-refractivity contribution in [3.63, 3.8) is 0 Å². The third-order valence-electron chi connectivity index (χ3n) is 5.06. The van der Waals surface area contributed by atoms with Crippen molar-refractivity contribution in [1.82, 2.24) is 0 Å². The molecule has 1 N–H and O–H groups in total. The summed E-state index contributed by atoms with van der Waals surface area (Å²) in [4.78, 5) is 13.1. The zero-order valence-corrected chi connectivity index (χ0v) is 16.5. The van der Waals surface area contributed by atoms with Crippen molar-refractivity contribution in [2.45, 2.75) is 18.2 Å². The summed E-state index contributed by atoms with van der Waals surface area (Å²) in [7, 11) is -2.06. The Morgan fingerprint density at radius 1 is 0.964 bits per heavy atom. The van der Waals surface area contributed by atoms with E-state index in [1.165, 1.54) is 11.4 Å². The molecule has 1 aliphatic rings. The Hall–Kier alpha value is -3.12. The lowest BCUT2D eigenvalue weighted by Gasteiger charge is -2.29. The van der Waals surface area contributed by atoms with E-state index >= 15 is 0 Å². The molecule has 0 spiro atoms. The van der Waals surface area contributed by atoms with Crippen LogP contribution in [-0.2, 0) is 16.4 Å². The summed E-state index contributed by atoms with van der Waals surface area (Å²) in [6.45, 7) is 2.04. The van der Waals surface area contributed by atoms with E-state index in [4.69, 9.17) is 0 Å². The van der Waals surface area contributed by atoms with Crippen LogP contribution in [0.2, 0.25) is 0 Å². The van der Waals surface area contributed by atoms with Gasteiger partial charge in [-0.1, -0.05) is 43.3 Å². The molecule has 4 rings (SSSR count). The molecule has 1 amide bonds. The summed E-state index contributed by atoms with van der Waals surface area (Å²) in [5.74, 6) is -0.225. The van der Waals surface area contributed by atoms with Crippen LogP contribution >= 0.6 is 0 Å². The zero-order valence-electron chi connectivity index (χ0n) is 15.6. The highest BCUT2D eigenvalue weighted by Crippen LogP contribution is 2.42. The van der Waals surface area contributed by atoms with Crippen LogP contribution in [0, 0.1) is 0 Å². The van der Waals surface area contributed by atoms with Crippen molar-refractivity contribution in [3.8, 4) is 11.1 Å². The van der Waals surface area contributed by atoms with Gasteiger partial charge < -0.3 is 5.32 Å². The molecule has 3 aromatic carbocycles. The molecule has 3 aromatic rings. The topological polar surface area (TPSA) is 66.5 Å². The number of para-hydroxylation sites is 1. The van der Waals surface area contributed by atoms with Gasteiger partial charge in [0.15, 0.2) is 0 Å². The highest BCUT2D eigenvalue weighted by molar-refractivity contribution is 7.93. The van der Waals surface area contributed by atoms with Crippen LogP contribution in [0.4, 0.5) is 11.4 Å². The molecule has 28 heavy (non-hydrogen) atoms. The molecule has 0 radical (unpaired) electrons. The summed E-state index contributed by atoms with van der Waals surface area (Å²) in [6.07, 6.45) is 0.816. The summed E-state index contributed by atoms with van der Waals surface area (Å²) < 4.78 is 26.8. The molecule has 0 aliphatic carbocycles. The molecule has 1 heterocycles. The Bertz CT molecular complexity index is 1190. The van der Waals surface area contributed by atoms with Gasteiger partial charge in [-0.05, 0) is 42.3 Å². The maximum Gasteiger partial charge on any atom is 0.264 e. The standard InChI is InChI=1S/C22H20N2O3S/c1-3-15-8-4-6-10-19(15)23-22(25)16-12-13-20-18(14-16)17-9-5-7-11-21(17)28(26,27)24(20)2/h4-14H,3H2,1-2H3,(H,23,25). The lowest BCUT2D eigenvalue weighted by atomic mass is 10.00. The minimum absolute atomic E-state index is 0.225. The third kappa shape index (κ3) is 2.86. The molecule has 0 atom stereocenters. The summed E-state index contributed by atoms with van der Waals surface area (Å²) >= 11 is 0. The van der Waals surface area contributed by atoms with Crippen molar-refractivity contribution in [3.05, 3.63) is 77.9 Å². The molecule has 5 nitrogen and oxygen atoms in total. The second kappa shape index (κ2) is 6.80. The van der Waals surface area contributed by atoms with Gasteiger partial charge >= 0.3 is 0 Å². The van der Waals surface area contributed by atoms with Crippen LogP contribution in [-0.4, -0.2) is 21.4 Å². The highest BCUT2D eigenvalue weighted by Gasteiger charge is 2.32. The number of hydrogen-bond acceptors (Lipinski definition) is 3. The molecule has 0 saturated heterocycles. The summed E-state index contributed by atoms with van der Waals surface area (Å²) in [5.41, 5.74) is 4.22. The van der Waals surface area contributed by atoms with Crippen molar-refractivity contribution >= 4 is 27.3 Å². The molecule has 0 fully saturated rings. The molecule has 0 aromatic heterocycles. The van der Waals surface area contributed by atoms with Gasteiger partial charge in [-0.15, -0.1) is 0 Å². The molecule has 142 valence electrons. The first kappa shape index (κ1) is 18.3. The Balaban J connectivity index is 1.77. The van der Waals surface area contributed by atoms with Crippen LogP contribution in [0.25, 0.3) is 11.1 Å². The number of rotatable bonds is 3. The number of anilines is 2. The summed E-state index contributed by atoms with van der Waals surface area (Å²) in [6, 6.07) is 19.7. The quantitative estimate of drug-likeness (QED) is 0.722. The second-order valence-electron chi connectivity index (χ2n) is 6.67. The number of benzene rings is 3. The molecule has 0 bridgehead atoms. The maximum atomic E-state index is 12.8. The monoisotopic (exact) mass is 392 g/mol. The minimum atomic E-state index is -3.59. The number of nitrogens with one attached hydrogen (secondary N) is 1. The lowest BCUT2D eigenvalue weighted by Crippen LogP contribution is -2.30. The number of sulfonamides is 1. The van der Waals surface area contributed by atoms with Gasteiger partial charge in [-0.2, -0.15) is 0 Å². The fourth-order valence-corrected chi connectivity index (χ4v) is 4.92. The second-order valence-corrected chi connectivity index (χ2v) is 8.60. The van der Waals surface area contributed by atoms with Gasteiger partial charge in [-0.25, -0.2) is 8.42 Å². The Morgan fingerprint density at radius 2 is 1.68 bits per heavy atom. The molecular weight excluding hydrogens is 372 g/mol. The molecule has 1 aliphatic heterocycles. The number of aryl methyl sites for hydroxylation is 1. The van der Waals surface area contributed by atoms with Crippen molar-refractivity contribution in [2.75, 3.05) is 16.7 Å². The minimum Gasteiger partial charge on any atom is -0.322 e. The van der Waals surface area contributed by atoms with E-state index < -0.39 is 10.0 Å². The zero-order chi connectivity index (χ0) is 19.9. The average molecular weight is 392 g/mol.